The van der Waals surface area contributed by atoms with Crippen LogP contribution in [0.15, 0.2) is 24.3 Å². The summed E-state index contributed by atoms with van der Waals surface area (Å²) in [5.41, 5.74) is 0.246. The number of carbonyl (C=O) groups is 1. The van der Waals surface area contributed by atoms with Crippen LogP contribution in [0.25, 0.3) is 0 Å². The van der Waals surface area contributed by atoms with Crippen molar-refractivity contribution in [2.75, 3.05) is 38.2 Å². The number of rotatable bonds is 5. The zero-order valence-electron chi connectivity index (χ0n) is 14.5. The topological polar surface area (TPSA) is 44.8 Å². The van der Waals surface area contributed by atoms with Gasteiger partial charge in [-0.3, -0.25) is 4.90 Å². The lowest BCUT2D eigenvalue weighted by Gasteiger charge is -2.49. The van der Waals surface area contributed by atoms with Gasteiger partial charge in [-0.1, -0.05) is 12.1 Å². The van der Waals surface area contributed by atoms with Crippen LogP contribution < -0.4 is 5.32 Å². The first-order chi connectivity index (χ1) is 12.2. The molecule has 2 aliphatic heterocycles. The molecule has 0 spiro atoms. The number of urea groups is 1. The molecule has 1 N–H and O–H groups in total. The number of anilines is 1. The SMILES string of the molecule is O=C(Nc1ccccc1F)N1CC(N(CC2CC2)C2CCOCC2)C1. The number of carbonyl (C=O) groups excluding carboxylic acids is 1. The molecule has 3 fully saturated rings. The minimum atomic E-state index is -0.398. The summed E-state index contributed by atoms with van der Waals surface area (Å²) in [5.74, 6) is 0.439. The van der Waals surface area contributed by atoms with Crippen molar-refractivity contribution in [3.8, 4) is 0 Å². The third-order valence-corrected chi connectivity index (χ3v) is 5.56. The highest BCUT2D eigenvalue weighted by Crippen LogP contribution is 2.34. The third-order valence-electron chi connectivity index (χ3n) is 5.56. The maximum absolute atomic E-state index is 13.7. The van der Waals surface area contributed by atoms with Gasteiger partial charge in [-0.2, -0.15) is 0 Å². The second-order valence-electron chi connectivity index (χ2n) is 7.45. The van der Waals surface area contributed by atoms with Gasteiger partial charge in [0.1, 0.15) is 5.82 Å². The van der Waals surface area contributed by atoms with Crippen molar-refractivity contribution in [1.29, 1.82) is 0 Å². The molecule has 6 heteroatoms. The van der Waals surface area contributed by atoms with Crippen molar-refractivity contribution in [2.45, 2.75) is 37.8 Å². The van der Waals surface area contributed by atoms with Crippen molar-refractivity contribution in [2.24, 2.45) is 5.92 Å². The van der Waals surface area contributed by atoms with Crippen LogP contribution >= 0.6 is 0 Å². The van der Waals surface area contributed by atoms with Crippen LogP contribution in [-0.4, -0.2) is 60.8 Å². The first kappa shape index (κ1) is 16.8. The Morgan fingerprint density at radius 2 is 1.88 bits per heavy atom. The average Bonchev–Trinajstić information content (AvgIpc) is 3.40. The Balaban J connectivity index is 1.32. The van der Waals surface area contributed by atoms with E-state index >= 15 is 0 Å². The normalized spacial score (nSPS) is 22.1. The molecule has 0 unspecified atom stereocenters. The van der Waals surface area contributed by atoms with Gasteiger partial charge in [-0.15, -0.1) is 0 Å². The lowest BCUT2D eigenvalue weighted by atomic mass is 9.99. The maximum Gasteiger partial charge on any atom is 0.322 e. The van der Waals surface area contributed by atoms with E-state index in [9.17, 15) is 9.18 Å². The maximum atomic E-state index is 13.7. The lowest BCUT2D eigenvalue weighted by Crippen LogP contribution is -2.64. The molecule has 0 aromatic heterocycles. The van der Waals surface area contributed by atoms with E-state index in [2.05, 4.69) is 10.2 Å². The van der Waals surface area contributed by atoms with E-state index in [1.807, 2.05) is 0 Å². The highest BCUT2D eigenvalue weighted by molar-refractivity contribution is 5.90. The van der Waals surface area contributed by atoms with Gasteiger partial charge in [-0.05, 0) is 43.7 Å². The molecular weight excluding hydrogens is 321 g/mol. The van der Waals surface area contributed by atoms with Crippen LogP contribution in [0.3, 0.4) is 0 Å². The number of nitrogens with one attached hydrogen (secondary N) is 1. The molecule has 2 heterocycles. The average molecular weight is 347 g/mol. The largest absolute Gasteiger partial charge is 0.381 e. The number of benzene rings is 1. The number of amides is 2. The predicted octanol–water partition coefficient (Wildman–Crippen LogP) is 2.93. The summed E-state index contributed by atoms with van der Waals surface area (Å²) in [6, 6.07) is 7.09. The van der Waals surface area contributed by atoms with Crippen LogP contribution in [0.5, 0.6) is 0 Å². The zero-order valence-corrected chi connectivity index (χ0v) is 14.5. The van der Waals surface area contributed by atoms with Crippen LogP contribution in [0, 0.1) is 11.7 Å². The minimum Gasteiger partial charge on any atom is -0.381 e. The Morgan fingerprint density at radius 1 is 1.16 bits per heavy atom. The van der Waals surface area contributed by atoms with Gasteiger partial charge in [0.15, 0.2) is 0 Å². The zero-order chi connectivity index (χ0) is 17.2. The van der Waals surface area contributed by atoms with E-state index in [4.69, 9.17) is 4.74 Å². The smallest absolute Gasteiger partial charge is 0.322 e. The molecule has 5 nitrogen and oxygen atoms in total. The van der Waals surface area contributed by atoms with E-state index in [0.29, 0.717) is 12.1 Å². The van der Waals surface area contributed by atoms with Gasteiger partial charge in [0.2, 0.25) is 0 Å². The van der Waals surface area contributed by atoms with E-state index < -0.39 is 5.82 Å². The Hall–Kier alpha value is -1.66. The van der Waals surface area contributed by atoms with Crippen LogP contribution in [0.1, 0.15) is 25.7 Å². The fourth-order valence-electron chi connectivity index (χ4n) is 3.80. The summed E-state index contributed by atoms with van der Waals surface area (Å²) in [6.45, 7) is 4.29. The van der Waals surface area contributed by atoms with E-state index in [1.165, 1.54) is 18.9 Å². The summed E-state index contributed by atoms with van der Waals surface area (Å²) >= 11 is 0. The Labute approximate surface area is 148 Å². The van der Waals surface area contributed by atoms with Crippen molar-refractivity contribution < 1.29 is 13.9 Å². The molecule has 136 valence electrons. The summed E-state index contributed by atoms with van der Waals surface area (Å²) in [7, 11) is 0. The van der Waals surface area contributed by atoms with E-state index in [-0.39, 0.29) is 11.7 Å². The molecule has 25 heavy (non-hydrogen) atoms. The predicted molar refractivity (Wildman–Crippen MR) is 94.1 cm³/mol. The van der Waals surface area contributed by atoms with Gasteiger partial charge in [-0.25, -0.2) is 9.18 Å². The van der Waals surface area contributed by atoms with Crippen LogP contribution in [-0.2, 0) is 4.74 Å². The number of nitrogens with zero attached hydrogens (tertiary/aromatic N) is 2. The first-order valence-corrected chi connectivity index (χ1v) is 9.34. The Kier molecular flexibility index (Phi) is 4.90. The molecule has 0 atom stereocenters. The summed E-state index contributed by atoms with van der Waals surface area (Å²) in [5, 5.41) is 2.68. The highest BCUT2D eigenvalue weighted by Gasteiger charge is 2.40. The quantitative estimate of drug-likeness (QED) is 0.891. The molecule has 3 aliphatic rings. The Bertz CT molecular complexity index is 610. The van der Waals surface area contributed by atoms with E-state index in [0.717, 1.165) is 51.6 Å². The van der Waals surface area contributed by atoms with Crippen LogP contribution in [0.2, 0.25) is 0 Å². The molecule has 2 saturated heterocycles. The molecule has 2 amide bonds. The molecule has 0 bridgehead atoms. The van der Waals surface area contributed by atoms with Crippen molar-refractivity contribution in [1.82, 2.24) is 9.80 Å². The van der Waals surface area contributed by atoms with Crippen molar-refractivity contribution >= 4 is 11.7 Å². The minimum absolute atomic E-state index is 0.209. The van der Waals surface area contributed by atoms with Crippen LogP contribution in [0.4, 0.5) is 14.9 Å². The molecule has 1 aromatic rings. The highest BCUT2D eigenvalue weighted by atomic mass is 19.1. The molecular formula is C19H26FN3O2. The Morgan fingerprint density at radius 3 is 2.56 bits per heavy atom. The molecule has 1 aliphatic carbocycles. The fourth-order valence-corrected chi connectivity index (χ4v) is 3.80. The standard InChI is InChI=1S/C19H26FN3O2/c20-17-3-1-2-4-18(17)21-19(24)22-12-16(13-22)23(11-14-5-6-14)15-7-9-25-10-8-15/h1-4,14-16H,5-13H2,(H,21,24). The number of likely N-dealkylation sites (tertiary alicyclic amines) is 1. The second-order valence-corrected chi connectivity index (χ2v) is 7.45. The van der Waals surface area contributed by atoms with Gasteiger partial charge in [0, 0.05) is 44.9 Å². The molecule has 4 rings (SSSR count). The van der Waals surface area contributed by atoms with Gasteiger partial charge in [0.25, 0.3) is 0 Å². The third kappa shape index (κ3) is 3.96. The number of halogens is 1. The lowest BCUT2D eigenvalue weighted by molar-refractivity contribution is -0.0199. The second kappa shape index (κ2) is 7.30. The van der Waals surface area contributed by atoms with Crippen molar-refractivity contribution in [3.05, 3.63) is 30.1 Å². The number of ether oxygens (including phenoxy) is 1. The monoisotopic (exact) mass is 347 g/mol. The summed E-state index contributed by atoms with van der Waals surface area (Å²) in [6.07, 6.45) is 4.85. The number of para-hydroxylation sites is 1. The number of hydrogen-bond acceptors (Lipinski definition) is 3. The molecule has 1 saturated carbocycles. The first-order valence-electron chi connectivity index (χ1n) is 9.34. The molecule has 0 radical (unpaired) electrons. The van der Waals surface area contributed by atoms with Gasteiger partial charge in [0.05, 0.1) is 5.69 Å². The van der Waals surface area contributed by atoms with Gasteiger partial charge >= 0.3 is 6.03 Å². The van der Waals surface area contributed by atoms with E-state index in [1.54, 1.807) is 23.1 Å². The summed E-state index contributed by atoms with van der Waals surface area (Å²) < 4.78 is 19.2. The molecule has 1 aromatic carbocycles. The van der Waals surface area contributed by atoms with Gasteiger partial charge < -0.3 is 15.0 Å². The fraction of sp³-hybridized carbons (Fsp3) is 0.632. The summed E-state index contributed by atoms with van der Waals surface area (Å²) in [4.78, 5) is 16.7. The van der Waals surface area contributed by atoms with Crippen molar-refractivity contribution in [3.63, 3.8) is 0 Å². The number of hydrogen-bond donors (Lipinski definition) is 1.